The number of rotatable bonds is 4. The highest BCUT2D eigenvalue weighted by atomic mass is 35.5. The first-order valence-corrected chi connectivity index (χ1v) is 5.85. The van der Waals surface area contributed by atoms with Gasteiger partial charge in [-0.25, -0.2) is 0 Å². The Kier molecular flexibility index (Phi) is 3.76. The number of aryl methyl sites for hydroxylation is 1. The first kappa shape index (κ1) is 12.1. The molecule has 2 aromatic rings. The van der Waals surface area contributed by atoms with Crippen molar-refractivity contribution in [2.75, 3.05) is 7.11 Å². The Bertz CT molecular complexity index is 510. The van der Waals surface area contributed by atoms with E-state index in [9.17, 15) is 0 Å². The van der Waals surface area contributed by atoms with Gasteiger partial charge in [-0.3, -0.25) is 4.57 Å². The van der Waals surface area contributed by atoms with Crippen LogP contribution >= 0.6 is 11.6 Å². The molecule has 0 aliphatic carbocycles. The standard InChI is InChI=1S/C12H14ClN3O/c1-9-5-3-4-6-10(9)16-11(7-13)14-15-12(16)8-17-2/h3-6H,7-8H2,1-2H3. The van der Waals surface area contributed by atoms with Gasteiger partial charge < -0.3 is 4.74 Å². The lowest BCUT2D eigenvalue weighted by Crippen LogP contribution is -2.06. The van der Waals surface area contributed by atoms with Crippen molar-refractivity contribution in [2.45, 2.75) is 19.4 Å². The SMILES string of the molecule is COCc1nnc(CCl)n1-c1ccccc1C. The van der Waals surface area contributed by atoms with E-state index in [2.05, 4.69) is 10.2 Å². The van der Waals surface area contributed by atoms with Gasteiger partial charge in [-0.05, 0) is 18.6 Å². The van der Waals surface area contributed by atoms with E-state index in [-0.39, 0.29) is 0 Å². The molecule has 0 atom stereocenters. The predicted molar refractivity (Wildman–Crippen MR) is 66.4 cm³/mol. The predicted octanol–water partition coefficient (Wildman–Crippen LogP) is 2.46. The van der Waals surface area contributed by atoms with E-state index in [4.69, 9.17) is 16.3 Å². The molecule has 0 fully saturated rings. The minimum atomic E-state index is 0.324. The summed E-state index contributed by atoms with van der Waals surface area (Å²) in [6.07, 6.45) is 0. The molecule has 0 aliphatic heterocycles. The normalized spacial score (nSPS) is 10.8. The zero-order chi connectivity index (χ0) is 12.3. The summed E-state index contributed by atoms with van der Waals surface area (Å²) < 4.78 is 7.07. The van der Waals surface area contributed by atoms with Crippen molar-refractivity contribution in [3.8, 4) is 5.69 Å². The second-order valence-corrected chi connectivity index (χ2v) is 3.99. The van der Waals surface area contributed by atoms with E-state index in [1.165, 1.54) is 0 Å². The van der Waals surface area contributed by atoms with E-state index in [1.54, 1.807) is 7.11 Å². The zero-order valence-electron chi connectivity index (χ0n) is 9.85. The number of benzene rings is 1. The number of alkyl halides is 1. The second kappa shape index (κ2) is 5.29. The number of hydrogen-bond acceptors (Lipinski definition) is 3. The molecule has 0 bridgehead atoms. The summed E-state index contributed by atoms with van der Waals surface area (Å²) in [6.45, 7) is 2.46. The number of halogens is 1. The molecule has 0 aliphatic rings. The number of methoxy groups -OCH3 is 1. The number of hydrogen-bond donors (Lipinski definition) is 0. The summed E-state index contributed by atoms with van der Waals surface area (Å²) in [4.78, 5) is 0. The van der Waals surface area contributed by atoms with Crippen LogP contribution in [0.3, 0.4) is 0 Å². The maximum Gasteiger partial charge on any atom is 0.163 e. The minimum absolute atomic E-state index is 0.324. The first-order chi connectivity index (χ1) is 8.27. The van der Waals surface area contributed by atoms with Gasteiger partial charge in [0.25, 0.3) is 0 Å². The summed E-state index contributed by atoms with van der Waals surface area (Å²) in [5.41, 5.74) is 2.19. The van der Waals surface area contributed by atoms with E-state index >= 15 is 0 Å². The quantitative estimate of drug-likeness (QED) is 0.784. The topological polar surface area (TPSA) is 39.9 Å². The lowest BCUT2D eigenvalue weighted by Gasteiger charge is -2.11. The number of ether oxygens (including phenoxy) is 1. The molecule has 4 nitrogen and oxygen atoms in total. The average molecular weight is 252 g/mol. The van der Waals surface area contributed by atoms with Crippen LogP contribution in [0.4, 0.5) is 0 Å². The maximum absolute atomic E-state index is 5.88. The molecule has 90 valence electrons. The smallest absolute Gasteiger partial charge is 0.163 e. The van der Waals surface area contributed by atoms with Crippen molar-refractivity contribution in [3.63, 3.8) is 0 Å². The van der Waals surface area contributed by atoms with Crippen LogP contribution in [0.5, 0.6) is 0 Å². The molecule has 1 aromatic heterocycles. The third-order valence-electron chi connectivity index (χ3n) is 2.55. The fourth-order valence-electron chi connectivity index (χ4n) is 1.76. The summed E-state index contributed by atoms with van der Waals surface area (Å²) in [7, 11) is 1.64. The molecule has 1 aromatic carbocycles. The van der Waals surface area contributed by atoms with Crippen molar-refractivity contribution in [1.82, 2.24) is 14.8 Å². The minimum Gasteiger partial charge on any atom is -0.377 e. The Morgan fingerprint density at radius 1 is 1.24 bits per heavy atom. The van der Waals surface area contributed by atoms with Crippen LogP contribution in [0.1, 0.15) is 17.2 Å². The maximum atomic E-state index is 5.88. The molecule has 2 rings (SSSR count). The van der Waals surface area contributed by atoms with Crippen LogP contribution in [0.15, 0.2) is 24.3 Å². The van der Waals surface area contributed by atoms with Crippen molar-refractivity contribution in [1.29, 1.82) is 0 Å². The van der Waals surface area contributed by atoms with Crippen molar-refractivity contribution in [3.05, 3.63) is 41.5 Å². The van der Waals surface area contributed by atoms with Crippen LogP contribution < -0.4 is 0 Å². The van der Waals surface area contributed by atoms with Crippen LogP contribution in [0.25, 0.3) is 5.69 Å². The van der Waals surface area contributed by atoms with Crippen molar-refractivity contribution >= 4 is 11.6 Å². The van der Waals surface area contributed by atoms with Gasteiger partial charge in [0.15, 0.2) is 11.6 Å². The fraction of sp³-hybridized carbons (Fsp3) is 0.333. The van der Waals surface area contributed by atoms with Gasteiger partial charge in [-0.15, -0.1) is 21.8 Å². The van der Waals surface area contributed by atoms with Crippen LogP contribution in [0.2, 0.25) is 0 Å². The van der Waals surface area contributed by atoms with Gasteiger partial charge in [0, 0.05) is 7.11 Å². The summed E-state index contributed by atoms with van der Waals surface area (Å²) in [6, 6.07) is 8.05. The third kappa shape index (κ3) is 2.33. The Hall–Kier alpha value is -1.39. The van der Waals surface area contributed by atoms with Gasteiger partial charge >= 0.3 is 0 Å². The molecule has 0 N–H and O–H groups in total. The number of nitrogens with zero attached hydrogens (tertiary/aromatic N) is 3. The highest BCUT2D eigenvalue weighted by molar-refractivity contribution is 6.16. The zero-order valence-corrected chi connectivity index (χ0v) is 10.6. The number of para-hydroxylation sites is 1. The Balaban J connectivity index is 2.56. The lowest BCUT2D eigenvalue weighted by molar-refractivity contribution is 0.176. The second-order valence-electron chi connectivity index (χ2n) is 3.72. The van der Waals surface area contributed by atoms with Gasteiger partial charge in [0.2, 0.25) is 0 Å². The molecule has 17 heavy (non-hydrogen) atoms. The van der Waals surface area contributed by atoms with Crippen LogP contribution in [-0.2, 0) is 17.2 Å². The molecule has 1 heterocycles. The first-order valence-electron chi connectivity index (χ1n) is 5.32. The van der Waals surface area contributed by atoms with E-state index in [0.717, 1.165) is 22.9 Å². The summed E-state index contributed by atoms with van der Waals surface area (Å²) in [5, 5.41) is 8.17. The van der Waals surface area contributed by atoms with Gasteiger partial charge in [-0.2, -0.15) is 0 Å². The Morgan fingerprint density at radius 2 is 1.94 bits per heavy atom. The van der Waals surface area contributed by atoms with E-state index < -0.39 is 0 Å². The fourth-order valence-corrected chi connectivity index (χ4v) is 1.93. The van der Waals surface area contributed by atoms with Crippen molar-refractivity contribution < 1.29 is 4.74 Å². The van der Waals surface area contributed by atoms with Crippen LogP contribution in [-0.4, -0.2) is 21.9 Å². The Labute approximate surface area is 105 Å². The lowest BCUT2D eigenvalue weighted by atomic mass is 10.2. The monoisotopic (exact) mass is 251 g/mol. The largest absolute Gasteiger partial charge is 0.377 e. The molecular formula is C12H14ClN3O. The molecule has 0 saturated heterocycles. The van der Waals surface area contributed by atoms with E-state index in [1.807, 2.05) is 35.8 Å². The van der Waals surface area contributed by atoms with Gasteiger partial charge in [-0.1, -0.05) is 18.2 Å². The summed E-state index contributed by atoms with van der Waals surface area (Å²) in [5.74, 6) is 1.82. The van der Waals surface area contributed by atoms with Gasteiger partial charge in [0.05, 0.1) is 11.6 Å². The van der Waals surface area contributed by atoms with Crippen molar-refractivity contribution in [2.24, 2.45) is 0 Å². The molecule has 0 radical (unpaired) electrons. The van der Waals surface area contributed by atoms with E-state index in [0.29, 0.717) is 12.5 Å². The van der Waals surface area contributed by atoms with Gasteiger partial charge in [0.1, 0.15) is 6.61 Å². The molecule has 0 saturated carbocycles. The molecule has 0 amide bonds. The van der Waals surface area contributed by atoms with Crippen LogP contribution in [0, 0.1) is 6.92 Å². The average Bonchev–Trinajstić information content (AvgIpc) is 2.73. The summed E-state index contributed by atoms with van der Waals surface area (Å²) >= 11 is 5.88. The molecular weight excluding hydrogens is 238 g/mol. The third-order valence-corrected chi connectivity index (χ3v) is 2.79. The highest BCUT2D eigenvalue weighted by Gasteiger charge is 2.13. The molecule has 0 unspecified atom stereocenters. The number of aromatic nitrogens is 3. The Morgan fingerprint density at radius 3 is 2.59 bits per heavy atom. The highest BCUT2D eigenvalue weighted by Crippen LogP contribution is 2.18. The molecule has 5 heteroatoms. The molecule has 0 spiro atoms.